The van der Waals surface area contributed by atoms with Gasteiger partial charge in [-0.2, -0.15) is 0 Å². The van der Waals surface area contributed by atoms with E-state index in [1.165, 1.54) is 18.5 Å². The quantitative estimate of drug-likeness (QED) is 0.915. The van der Waals surface area contributed by atoms with E-state index in [-0.39, 0.29) is 0 Å². The standard InChI is InChI=1S/C13H18BrClN2/c1-2-16-10-6-8-17(9-7-10)12-5-3-4-11(15)13(12)14/h3-5,10,16H,2,6-9H2,1H3. The van der Waals surface area contributed by atoms with Crippen molar-refractivity contribution in [3.8, 4) is 0 Å². The molecule has 1 heterocycles. The lowest BCUT2D eigenvalue weighted by Gasteiger charge is -2.34. The molecule has 0 aromatic heterocycles. The molecule has 2 nitrogen and oxygen atoms in total. The summed E-state index contributed by atoms with van der Waals surface area (Å²) in [5, 5.41) is 4.31. The Hall–Kier alpha value is -0.250. The lowest BCUT2D eigenvalue weighted by molar-refractivity contribution is 0.424. The lowest BCUT2D eigenvalue weighted by Crippen LogP contribution is -2.42. The van der Waals surface area contributed by atoms with Crippen molar-refractivity contribution in [2.45, 2.75) is 25.8 Å². The van der Waals surface area contributed by atoms with Gasteiger partial charge in [0.15, 0.2) is 0 Å². The molecule has 0 amide bonds. The van der Waals surface area contributed by atoms with Crippen LogP contribution in [0.2, 0.25) is 5.02 Å². The normalized spacial score (nSPS) is 17.5. The van der Waals surface area contributed by atoms with E-state index in [4.69, 9.17) is 11.6 Å². The fourth-order valence-corrected chi connectivity index (χ4v) is 3.03. The maximum atomic E-state index is 6.13. The Morgan fingerprint density at radius 1 is 1.41 bits per heavy atom. The Morgan fingerprint density at radius 2 is 2.12 bits per heavy atom. The molecular weight excluding hydrogens is 300 g/mol. The van der Waals surface area contributed by atoms with Crippen molar-refractivity contribution in [1.82, 2.24) is 5.32 Å². The molecule has 4 heteroatoms. The molecule has 1 aromatic carbocycles. The molecule has 17 heavy (non-hydrogen) atoms. The van der Waals surface area contributed by atoms with Crippen LogP contribution in [0.15, 0.2) is 22.7 Å². The van der Waals surface area contributed by atoms with Crippen molar-refractivity contribution < 1.29 is 0 Å². The maximum Gasteiger partial charge on any atom is 0.0595 e. The van der Waals surface area contributed by atoms with Gasteiger partial charge in [0.25, 0.3) is 0 Å². The number of halogens is 2. The molecule has 1 saturated heterocycles. The van der Waals surface area contributed by atoms with Crippen LogP contribution in [0.4, 0.5) is 5.69 Å². The van der Waals surface area contributed by atoms with Crippen LogP contribution in [0.5, 0.6) is 0 Å². The second-order valence-corrected chi connectivity index (χ2v) is 5.59. The Morgan fingerprint density at radius 3 is 2.76 bits per heavy atom. The zero-order chi connectivity index (χ0) is 12.3. The first-order valence-corrected chi connectivity index (χ1v) is 7.31. The summed E-state index contributed by atoms with van der Waals surface area (Å²) in [6, 6.07) is 6.73. The average Bonchev–Trinajstić information content (AvgIpc) is 2.34. The van der Waals surface area contributed by atoms with Crippen molar-refractivity contribution in [2.75, 3.05) is 24.5 Å². The van der Waals surface area contributed by atoms with Crippen LogP contribution in [0, 0.1) is 0 Å². The van der Waals surface area contributed by atoms with Crippen LogP contribution in [0.3, 0.4) is 0 Å². The highest BCUT2D eigenvalue weighted by Gasteiger charge is 2.20. The zero-order valence-electron chi connectivity index (χ0n) is 10.0. The highest BCUT2D eigenvalue weighted by Crippen LogP contribution is 2.34. The summed E-state index contributed by atoms with van der Waals surface area (Å²) in [7, 11) is 0. The van der Waals surface area contributed by atoms with Crippen LogP contribution in [-0.4, -0.2) is 25.7 Å². The number of hydrogen-bond acceptors (Lipinski definition) is 2. The van der Waals surface area contributed by atoms with Crippen molar-refractivity contribution in [3.63, 3.8) is 0 Å². The van der Waals surface area contributed by atoms with E-state index in [1.807, 2.05) is 12.1 Å². The van der Waals surface area contributed by atoms with Gasteiger partial charge in [-0.15, -0.1) is 0 Å². The van der Waals surface area contributed by atoms with Gasteiger partial charge in [0.1, 0.15) is 0 Å². The summed E-state index contributed by atoms with van der Waals surface area (Å²) in [5.74, 6) is 0. The van der Waals surface area contributed by atoms with E-state index >= 15 is 0 Å². The molecule has 0 aliphatic carbocycles. The molecule has 0 saturated carbocycles. The number of benzene rings is 1. The third-order valence-electron chi connectivity index (χ3n) is 3.26. The molecule has 1 fully saturated rings. The molecule has 0 atom stereocenters. The molecule has 2 rings (SSSR count). The van der Waals surface area contributed by atoms with Gasteiger partial charge in [-0.05, 0) is 47.4 Å². The highest BCUT2D eigenvalue weighted by atomic mass is 79.9. The van der Waals surface area contributed by atoms with E-state index in [9.17, 15) is 0 Å². The number of nitrogens with one attached hydrogen (secondary N) is 1. The summed E-state index contributed by atoms with van der Waals surface area (Å²) in [6.45, 7) is 5.42. The smallest absolute Gasteiger partial charge is 0.0595 e. The zero-order valence-corrected chi connectivity index (χ0v) is 12.4. The average molecular weight is 318 g/mol. The molecule has 1 aliphatic rings. The van der Waals surface area contributed by atoms with Gasteiger partial charge in [-0.3, -0.25) is 0 Å². The number of anilines is 1. The number of hydrogen-bond donors (Lipinski definition) is 1. The summed E-state index contributed by atoms with van der Waals surface area (Å²) in [5.41, 5.74) is 1.22. The SMILES string of the molecule is CCNC1CCN(c2cccc(Cl)c2Br)CC1. The van der Waals surface area contributed by atoms with Crippen molar-refractivity contribution in [3.05, 3.63) is 27.7 Å². The Kier molecular flexibility index (Phi) is 4.71. The van der Waals surface area contributed by atoms with Gasteiger partial charge in [0.2, 0.25) is 0 Å². The Balaban J connectivity index is 2.03. The van der Waals surface area contributed by atoms with E-state index in [2.05, 4.69) is 39.1 Å². The van der Waals surface area contributed by atoms with Crippen molar-refractivity contribution in [1.29, 1.82) is 0 Å². The molecule has 1 N–H and O–H groups in total. The van der Waals surface area contributed by atoms with Gasteiger partial charge in [-0.1, -0.05) is 24.6 Å². The second-order valence-electron chi connectivity index (χ2n) is 4.39. The van der Waals surface area contributed by atoms with Crippen LogP contribution in [0.1, 0.15) is 19.8 Å². The first kappa shape index (κ1) is 13.2. The molecule has 0 unspecified atom stereocenters. The van der Waals surface area contributed by atoms with E-state index < -0.39 is 0 Å². The molecule has 94 valence electrons. The highest BCUT2D eigenvalue weighted by molar-refractivity contribution is 9.10. The molecular formula is C13H18BrClN2. The molecule has 0 radical (unpaired) electrons. The predicted octanol–water partition coefficient (Wildman–Crippen LogP) is 3.68. The monoisotopic (exact) mass is 316 g/mol. The molecule has 1 aromatic rings. The van der Waals surface area contributed by atoms with E-state index in [1.54, 1.807) is 0 Å². The number of piperidine rings is 1. The first-order chi connectivity index (χ1) is 8.22. The topological polar surface area (TPSA) is 15.3 Å². The second kappa shape index (κ2) is 6.07. The Bertz CT molecular complexity index is 376. The Labute approximate surface area is 116 Å². The number of rotatable bonds is 3. The fourth-order valence-electron chi connectivity index (χ4n) is 2.35. The minimum atomic E-state index is 0.675. The number of nitrogens with zero attached hydrogens (tertiary/aromatic N) is 1. The van der Waals surface area contributed by atoms with E-state index in [0.29, 0.717) is 6.04 Å². The fraction of sp³-hybridized carbons (Fsp3) is 0.538. The van der Waals surface area contributed by atoms with Gasteiger partial charge in [0.05, 0.1) is 15.2 Å². The third-order valence-corrected chi connectivity index (χ3v) is 4.64. The van der Waals surface area contributed by atoms with Crippen molar-refractivity contribution in [2.24, 2.45) is 0 Å². The lowest BCUT2D eigenvalue weighted by atomic mass is 10.0. The predicted molar refractivity (Wildman–Crippen MR) is 78.1 cm³/mol. The van der Waals surface area contributed by atoms with Crippen LogP contribution < -0.4 is 10.2 Å². The largest absolute Gasteiger partial charge is 0.370 e. The van der Waals surface area contributed by atoms with Gasteiger partial charge >= 0.3 is 0 Å². The first-order valence-electron chi connectivity index (χ1n) is 6.14. The minimum absolute atomic E-state index is 0.675. The van der Waals surface area contributed by atoms with Crippen LogP contribution in [-0.2, 0) is 0 Å². The summed E-state index contributed by atoms with van der Waals surface area (Å²) >= 11 is 9.70. The molecule has 1 aliphatic heterocycles. The summed E-state index contributed by atoms with van der Waals surface area (Å²) in [4.78, 5) is 2.41. The maximum absolute atomic E-state index is 6.13. The summed E-state index contributed by atoms with van der Waals surface area (Å²) < 4.78 is 1.02. The molecule has 0 spiro atoms. The molecule has 0 bridgehead atoms. The van der Waals surface area contributed by atoms with Crippen LogP contribution in [0.25, 0.3) is 0 Å². The minimum Gasteiger partial charge on any atom is -0.370 e. The third kappa shape index (κ3) is 3.15. The van der Waals surface area contributed by atoms with Gasteiger partial charge < -0.3 is 10.2 Å². The van der Waals surface area contributed by atoms with Crippen molar-refractivity contribution >= 4 is 33.2 Å². The van der Waals surface area contributed by atoms with Gasteiger partial charge in [0, 0.05) is 19.1 Å². The van der Waals surface area contributed by atoms with Crippen LogP contribution >= 0.6 is 27.5 Å². The summed E-state index contributed by atoms with van der Waals surface area (Å²) in [6.07, 6.45) is 2.40. The van der Waals surface area contributed by atoms with E-state index in [0.717, 1.165) is 29.1 Å². The van der Waals surface area contributed by atoms with Gasteiger partial charge in [-0.25, -0.2) is 0 Å².